The molecular weight excluding hydrogens is 194 g/mol. The minimum Gasteiger partial charge on any atom is -0.475 e. The van der Waals surface area contributed by atoms with Crippen molar-refractivity contribution in [3.8, 4) is 0 Å². The molecule has 1 heterocycles. The predicted molar refractivity (Wildman–Crippen MR) is 57.0 cm³/mol. The van der Waals surface area contributed by atoms with E-state index in [0.29, 0.717) is 17.9 Å². The van der Waals surface area contributed by atoms with Gasteiger partial charge in [0.15, 0.2) is 0 Å². The van der Waals surface area contributed by atoms with Gasteiger partial charge in [0.25, 0.3) is 0 Å². The van der Waals surface area contributed by atoms with Crippen molar-refractivity contribution in [2.75, 3.05) is 13.1 Å². The number of hydrogen-bond donors (Lipinski definition) is 1. The zero-order valence-electron chi connectivity index (χ0n) is 9.41. The van der Waals surface area contributed by atoms with Crippen LogP contribution in [0, 0.1) is 6.92 Å². The SMILES string of the molecule is CCN(CC)Cc1cc(C)c(C(=O)O)o1. The maximum Gasteiger partial charge on any atom is 0.372 e. The number of rotatable bonds is 5. The van der Waals surface area contributed by atoms with Crippen LogP contribution in [0.2, 0.25) is 0 Å². The zero-order chi connectivity index (χ0) is 11.4. The summed E-state index contributed by atoms with van der Waals surface area (Å²) in [5, 5.41) is 8.82. The molecule has 4 nitrogen and oxygen atoms in total. The van der Waals surface area contributed by atoms with Gasteiger partial charge in [0.2, 0.25) is 5.76 Å². The van der Waals surface area contributed by atoms with Crippen molar-refractivity contribution < 1.29 is 14.3 Å². The minimum absolute atomic E-state index is 0.0529. The van der Waals surface area contributed by atoms with Crippen molar-refractivity contribution in [3.63, 3.8) is 0 Å². The first-order chi connectivity index (χ1) is 7.08. The summed E-state index contributed by atoms with van der Waals surface area (Å²) in [5.74, 6) is -0.232. The fraction of sp³-hybridized carbons (Fsp3) is 0.545. The molecule has 0 saturated heterocycles. The quantitative estimate of drug-likeness (QED) is 0.810. The highest BCUT2D eigenvalue weighted by atomic mass is 16.4. The largest absolute Gasteiger partial charge is 0.475 e. The number of aryl methyl sites for hydroxylation is 1. The summed E-state index contributed by atoms with van der Waals surface area (Å²) in [7, 11) is 0. The number of carboxylic acid groups (broad SMARTS) is 1. The van der Waals surface area contributed by atoms with Crippen LogP contribution in [0.15, 0.2) is 10.5 Å². The lowest BCUT2D eigenvalue weighted by Gasteiger charge is -2.15. The lowest BCUT2D eigenvalue weighted by atomic mass is 10.2. The van der Waals surface area contributed by atoms with Gasteiger partial charge < -0.3 is 9.52 Å². The molecule has 0 aromatic carbocycles. The van der Waals surface area contributed by atoms with Crippen LogP contribution < -0.4 is 0 Å². The normalized spacial score (nSPS) is 10.9. The maximum atomic E-state index is 10.8. The summed E-state index contributed by atoms with van der Waals surface area (Å²) in [6, 6.07) is 1.79. The van der Waals surface area contributed by atoms with Gasteiger partial charge in [0.05, 0.1) is 6.54 Å². The van der Waals surface area contributed by atoms with E-state index < -0.39 is 5.97 Å². The molecule has 0 fully saturated rings. The third-order valence-electron chi connectivity index (χ3n) is 2.44. The summed E-state index contributed by atoms with van der Waals surface area (Å²) in [6.07, 6.45) is 0. The second kappa shape index (κ2) is 4.98. The van der Waals surface area contributed by atoms with Gasteiger partial charge >= 0.3 is 5.97 Å². The first-order valence-electron chi connectivity index (χ1n) is 5.13. The van der Waals surface area contributed by atoms with Crippen molar-refractivity contribution >= 4 is 5.97 Å². The molecule has 1 aromatic rings. The topological polar surface area (TPSA) is 53.7 Å². The number of carboxylic acids is 1. The van der Waals surface area contributed by atoms with E-state index in [-0.39, 0.29) is 5.76 Å². The van der Waals surface area contributed by atoms with E-state index in [0.717, 1.165) is 13.1 Å². The van der Waals surface area contributed by atoms with Gasteiger partial charge in [0.1, 0.15) is 5.76 Å². The molecule has 15 heavy (non-hydrogen) atoms. The molecule has 1 N–H and O–H groups in total. The number of hydrogen-bond acceptors (Lipinski definition) is 3. The Kier molecular flexibility index (Phi) is 3.91. The van der Waals surface area contributed by atoms with Crippen LogP contribution >= 0.6 is 0 Å². The number of aromatic carboxylic acids is 1. The van der Waals surface area contributed by atoms with E-state index >= 15 is 0 Å². The molecule has 0 aliphatic carbocycles. The van der Waals surface area contributed by atoms with Crippen LogP contribution in [0.3, 0.4) is 0 Å². The second-order valence-corrected chi connectivity index (χ2v) is 3.49. The number of carbonyl (C=O) groups is 1. The first kappa shape index (κ1) is 11.8. The Morgan fingerprint density at radius 2 is 2.07 bits per heavy atom. The molecule has 1 aromatic heterocycles. The highest BCUT2D eigenvalue weighted by molar-refractivity contribution is 5.86. The van der Waals surface area contributed by atoms with Gasteiger partial charge in [-0.3, -0.25) is 4.90 Å². The first-order valence-corrected chi connectivity index (χ1v) is 5.13. The highest BCUT2D eigenvalue weighted by Gasteiger charge is 2.15. The molecule has 0 aliphatic rings. The van der Waals surface area contributed by atoms with Crippen molar-refractivity contribution in [1.82, 2.24) is 4.90 Å². The Labute approximate surface area is 89.5 Å². The Bertz CT molecular complexity index is 340. The summed E-state index contributed by atoms with van der Waals surface area (Å²) < 4.78 is 5.27. The molecule has 0 aliphatic heterocycles. The predicted octanol–water partition coefficient (Wildman–Crippen LogP) is 2.13. The molecule has 1 rings (SSSR count). The van der Waals surface area contributed by atoms with Gasteiger partial charge in [-0.25, -0.2) is 4.79 Å². The molecule has 4 heteroatoms. The molecule has 0 radical (unpaired) electrons. The molecule has 0 atom stereocenters. The molecule has 0 bridgehead atoms. The van der Waals surface area contributed by atoms with Crippen molar-refractivity contribution in [1.29, 1.82) is 0 Å². The Morgan fingerprint density at radius 3 is 2.47 bits per heavy atom. The van der Waals surface area contributed by atoms with E-state index in [9.17, 15) is 4.79 Å². The number of nitrogens with zero attached hydrogens (tertiary/aromatic N) is 1. The average Bonchev–Trinajstić information content (AvgIpc) is 2.56. The van der Waals surface area contributed by atoms with Crippen LogP contribution in [0.25, 0.3) is 0 Å². The fourth-order valence-electron chi connectivity index (χ4n) is 1.51. The van der Waals surface area contributed by atoms with Gasteiger partial charge in [-0.1, -0.05) is 13.8 Å². The Balaban J connectivity index is 2.79. The Hall–Kier alpha value is -1.29. The van der Waals surface area contributed by atoms with Gasteiger partial charge in [0, 0.05) is 5.56 Å². The van der Waals surface area contributed by atoms with Crippen molar-refractivity contribution in [3.05, 3.63) is 23.2 Å². The van der Waals surface area contributed by atoms with E-state index in [1.807, 2.05) is 0 Å². The van der Waals surface area contributed by atoms with E-state index in [2.05, 4.69) is 18.7 Å². The van der Waals surface area contributed by atoms with Crippen molar-refractivity contribution in [2.24, 2.45) is 0 Å². The zero-order valence-corrected chi connectivity index (χ0v) is 9.41. The van der Waals surface area contributed by atoms with Crippen LogP contribution in [-0.4, -0.2) is 29.1 Å². The van der Waals surface area contributed by atoms with Crippen LogP contribution in [-0.2, 0) is 6.54 Å². The maximum absolute atomic E-state index is 10.8. The van der Waals surface area contributed by atoms with E-state index in [4.69, 9.17) is 9.52 Å². The van der Waals surface area contributed by atoms with Crippen LogP contribution in [0.1, 0.15) is 35.7 Å². The molecule has 0 spiro atoms. The Morgan fingerprint density at radius 1 is 1.47 bits per heavy atom. The fourth-order valence-corrected chi connectivity index (χ4v) is 1.51. The standard InChI is InChI=1S/C11H17NO3/c1-4-12(5-2)7-9-6-8(3)10(15-9)11(13)14/h6H,4-5,7H2,1-3H3,(H,13,14). The van der Waals surface area contributed by atoms with E-state index in [1.165, 1.54) is 0 Å². The lowest BCUT2D eigenvalue weighted by molar-refractivity contribution is 0.0657. The van der Waals surface area contributed by atoms with Gasteiger partial charge in [-0.15, -0.1) is 0 Å². The molecule has 84 valence electrons. The third kappa shape index (κ3) is 2.83. The van der Waals surface area contributed by atoms with E-state index in [1.54, 1.807) is 13.0 Å². The monoisotopic (exact) mass is 211 g/mol. The summed E-state index contributed by atoms with van der Waals surface area (Å²) >= 11 is 0. The minimum atomic E-state index is -1.00. The van der Waals surface area contributed by atoms with Crippen LogP contribution in [0.4, 0.5) is 0 Å². The van der Waals surface area contributed by atoms with Gasteiger partial charge in [-0.2, -0.15) is 0 Å². The molecule has 0 unspecified atom stereocenters. The van der Waals surface area contributed by atoms with Crippen LogP contribution in [0.5, 0.6) is 0 Å². The third-order valence-corrected chi connectivity index (χ3v) is 2.44. The highest BCUT2D eigenvalue weighted by Crippen LogP contribution is 2.16. The summed E-state index contributed by atoms with van der Waals surface area (Å²) in [6.45, 7) is 8.41. The lowest BCUT2D eigenvalue weighted by Crippen LogP contribution is -2.21. The smallest absolute Gasteiger partial charge is 0.372 e. The van der Waals surface area contributed by atoms with Gasteiger partial charge in [-0.05, 0) is 26.1 Å². The molecule has 0 amide bonds. The summed E-state index contributed by atoms with van der Waals surface area (Å²) in [5.41, 5.74) is 0.685. The second-order valence-electron chi connectivity index (χ2n) is 3.49. The summed E-state index contributed by atoms with van der Waals surface area (Å²) in [4.78, 5) is 12.9. The molecule has 0 saturated carbocycles. The molecular formula is C11H17NO3. The van der Waals surface area contributed by atoms with Crippen molar-refractivity contribution in [2.45, 2.75) is 27.3 Å². The average molecular weight is 211 g/mol. The number of furan rings is 1.